The largest absolute Gasteiger partial charge is 0.486 e. The zero-order valence-electron chi connectivity index (χ0n) is 18.6. The quantitative estimate of drug-likeness (QED) is 0.410. The van der Waals surface area contributed by atoms with E-state index in [1.165, 1.54) is 29.8 Å². The molecular weight excluding hydrogens is 471 g/mol. The van der Waals surface area contributed by atoms with Crippen LogP contribution in [0.1, 0.15) is 11.1 Å². The Morgan fingerprint density at radius 2 is 1.63 bits per heavy atom. The maximum absolute atomic E-state index is 14.6. The Bertz CT molecular complexity index is 1530. The molecule has 6 rings (SSSR count). The fraction of sp³-hybridized carbons (Fsp3) is 0.192. The summed E-state index contributed by atoms with van der Waals surface area (Å²) >= 11 is 0. The van der Waals surface area contributed by atoms with E-state index in [9.17, 15) is 12.8 Å². The van der Waals surface area contributed by atoms with Crippen LogP contribution in [-0.4, -0.2) is 33.2 Å². The third kappa shape index (κ3) is 3.81. The van der Waals surface area contributed by atoms with Crippen LogP contribution in [0.2, 0.25) is 0 Å². The Balaban J connectivity index is 1.48. The molecule has 9 heteroatoms. The molecule has 0 amide bonds. The molecule has 0 saturated heterocycles. The average Bonchev–Trinajstić information content (AvgIpc) is 3.34. The molecule has 0 radical (unpaired) electrons. The van der Waals surface area contributed by atoms with Gasteiger partial charge in [-0.25, -0.2) is 12.8 Å². The molecule has 0 unspecified atom stereocenters. The van der Waals surface area contributed by atoms with Gasteiger partial charge in [-0.15, -0.1) is 0 Å². The lowest BCUT2D eigenvalue weighted by molar-refractivity contribution is 0.171. The number of ether oxygens (including phenoxy) is 2. The monoisotopic (exact) mass is 492 g/mol. The van der Waals surface area contributed by atoms with Crippen molar-refractivity contribution in [2.24, 2.45) is 0 Å². The topological polar surface area (TPSA) is 81.9 Å². The van der Waals surface area contributed by atoms with E-state index in [1.807, 2.05) is 23.1 Å². The number of halogens is 1. The van der Waals surface area contributed by atoms with Crippen LogP contribution in [0, 0.1) is 5.82 Å². The summed E-state index contributed by atoms with van der Waals surface area (Å²) in [5.41, 5.74) is 2.37. The van der Waals surface area contributed by atoms with Crippen LogP contribution in [0.3, 0.4) is 0 Å². The second-order valence-corrected chi connectivity index (χ2v) is 10.2. The molecule has 0 bridgehead atoms. The predicted octanol–water partition coefficient (Wildman–Crippen LogP) is 4.65. The molecule has 0 N–H and O–H groups in total. The first-order valence-corrected chi connectivity index (χ1v) is 12.7. The molecule has 3 heterocycles. The van der Waals surface area contributed by atoms with Crippen LogP contribution in [-0.2, 0) is 22.8 Å². The van der Waals surface area contributed by atoms with E-state index < -0.39 is 15.7 Å². The first kappa shape index (κ1) is 21.7. The SMILES string of the molecule is O=S(=O)(c1ccc2c(c1)OCCO2)c1nc(-c2ccccc2F)oc1N1CCc2ccccc2C1. The summed E-state index contributed by atoms with van der Waals surface area (Å²) in [6, 6.07) is 18.4. The number of anilines is 1. The van der Waals surface area contributed by atoms with Crippen molar-refractivity contribution in [2.75, 3.05) is 24.7 Å². The zero-order valence-corrected chi connectivity index (χ0v) is 19.4. The lowest BCUT2D eigenvalue weighted by Crippen LogP contribution is -2.31. The lowest BCUT2D eigenvalue weighted by Gasteiger charge is -2.28. The van der Waals surface area contributed by atoms with Crippen molar-refractivity contribution >= 4 is 15.7 Å². The average molecular weight is 493 g/mol. The van der Waals surface area contributed by atoms with E-state index in [4.69, 9.17) is 13.9 Å². The van der Waals surface area contributed by atoms with E-state index in [1.54, 1.807) is 18.2 Å². The Morgan fingerprint density at radius 1 is 0.886 bits per heavy atom. The van der Waals surface area contributed by atoms with Gasteiger partial charge in [-0.3, -0.25) is 0 Å². The van der Waals surface area contributed by atoms with Crippen LogP contribution >= 0.6 is 0 Å². The van der Waals surface area contributed by atoms with Gasteiger partial charge in [0.2, 0.25) is 26.6 Å². The first-order valence-electron chi connectivity index (χ1n) is 11.2. The van der Waals surface area contributed by atoms with Gasteiger partial charge in [-0.1, -0.05) is 36.4 Å². The molecule has 7 nitrogen and oxygen atoms in total. The molecule has 0 saturated carbocycles. The van der Waals surface area contributed by atoms with Crippen molar-refractivity contribution in [3.05, 3.63) is 83.7 Å². The lowest BCUT2D eigenvalue weighted by atomic mass is 10.0. The Labute approximate surface area is 201 Å². The Hall–Kier alpha value is -3.85. The number of hydrogen-bond acceptors (Lipinski definition) is 7. The van der Waals surface area contributed by atoms with Crippen molar-refractivity contribution in [1.29, 1.82) is 0 Å². The highest BCUT2D eigenvalue weighted by Crippen LogP contribution is 2.39. The molecule has 0 aliphatic carbocycles. The van der Waals surface area contributed by atoms with Crippen molar-refractivity contribution in [1.82, 2.24) is 4.98 Å². The van der Waals surface area contributed by atoms with Gasteiger partial charge < -0.3 is 18.8 Å². The molecule has 0 atom stereocenters. The number of oxazole rings is 1. The number of aromatic nitrogens is 1. The molecular formula is C26H21FN2O5S. The highest BCUT2D eigenvalue weighted by atomic mass is 32.2. The minimum atomic E-state index is -4.13. The van der Waals surface area contributed by atoms with Gasteiger partial charge in [0.15, 0.2) is 11.5 Å². The smallest absolute Gasteiger partial charge is 0.236 e. The van der Waals surface area contributed by atoms with Gasteiger partial charge in [-0.2, -0.15) is 4.98 Å². The summed E-state index contributed by atoms with van der Waals surface area (Å²) in [6.45, 7) is 1.71. The maximum atomic E-state index is 14.6. The van der Waals surface area contributed by atoms with E-state index >= 15 is 0 Å². The van der Waals surface area contributed by atoms with E-state index in [-0.39, 0.29) is 27.3 Å². The number of rotatable bonds is 4. The number of fused-ring (bicyclic) bond motifs is 2. The van der Waals surface area contributed by atoms with Crippen molar-refractivity contribution < 1.29 is 26.7 Å². The number of hydrogen-bond donors (Lipinski definition) is 0. The van der Waals surface area contributed by atoms with Gasteiger partial charge >= 0.3 is 0 Å². The summed E-state index contributed by atoms with van der Waals surface area (Å²) in [4.78, 5) is 6.16. The minimum absolute atomic E-state index is 0.00575. The fourth-order valence-electron chi connectivity index (χ4n) is 4.39. The normalized spacial score (nSPS) is 15.1. The van der Waals surface area contributed by atoms with Gasteiger partial charge in [0.05, 0.1) is 10.5 Å². The van der Waals surface area contributed by atoms with Crippen LogP contribution in [0.15, 0.2) is 81.1 Å². The molecule has 4 aromatic rings. The third-order valence-electron chi connectivity index (χ3n) is 6.18. The van der Waals surface area contributed by atoms with Crippen molar-refractivity contribution in [3.63, 3.8) is 0 Å². The molecule has 0 spiro atoms. The van der Waals surface area contributed by atoms with E-state index in [0.717, 1.165) is 12.0 Å². The molecule has 35 heavy (non-hydrogen) atoms. The Morgan fingerprint density at radius 3 is 2.46 bits per heavy atom. The van der Waals surface area contributed by atoms with Gasteiger partial charge in [-0.05, 0) is 41.8 Å². The number of sulfone groups is 1. The van der Waals surface area contributed by atoms with Crippen LogP contribution < -0.4 is 14.4 Å². The summed E-state index contributed by atoms with van der Waals surface area (Å²) in [5, 5.41) is -0.258. The third-order valence-corrected chi connectivity index (χ3v) is 7.83. The first-order chi connectivity index (χ1) is 17.0. The van der Waals surface area contributed by atoms with Crippen molar-refractivity contribution in [2.45, 2.75) is 22.9 Å². The second kappa shape index (κ2) is 8.42. The minimum Gasteiger partial charge on any atom is -0.486 e. The molecule has 178 valence electrons. The summed E-state index contributed by atoms with van der Waals surface area (Å²) < 4.78 is 59.3. The van der Waals surface area contributed by atoms with Crippen molar-refractivity contribution in [3.8, 4) is 23.0 Å². The summed E-state index contributed by atoms with van der Waals surface area (Å²) in [6.07, 6.45) is 0.718. The fourth-order valence-corrected chi connectivity index (χ4v) is 5.73. The van der Waals surface area contributed by atoms with Gasteiger partial charge in [0.25, 0.3) is 0 Å². The van der Waals surface area contributed by atoms with Gasteiger partial charge in [0, 0.05) is 19.2 Å². The standard InChI is InChI=1S/C26H21FN2O5S/c27-21-8-4-3-7-20(21)24-28-25(26(34-24)29-12-11-17-5-1-2-6-18(17)16-29)35(30,31)19-9-10-22-23(15-19)33-14-13-32-22/h1-10,15H,11-14,16H2. The molecule has 2 aliphatic heterocycles. The highest BCUT2D eigenvalue weighted by molar-refractivity contribution is 7.91. The van der Waals surface area contributed by atoms with E-state index in [0.29, 0.717) is 37.8 Å². The highest BCUT2D eigenvalue weighted by Gasteiger charge is 2.34. The predicted molar refractivity (Wildman–Crippen MR) is 126 cm³/mol. The summed E-state index contributed by atoms with van der Waals surface area (Å²) in [7, 11) is -4.13. The van der Waals surface area contributed by atoms with Gasteiger partial charge in [0.1, 0.15) is 19.0 Å². The van der Waals surface area contributed by atoms with E-state index in [2.05, 4.69) is 11.1 Å². The number of nitrogens with zero attached hydrogens (tertiary/aromatic N) is 2. The molecule has 0 fully saturated rings. The van der Waals surface area contributed by atoms with Crippen LogP contribution in [0.25, 0.3) is 11.5 Å². The molecule has 3 aromatic carbocycles. The zero-order chi connectivity index (χ0) is 24.0. The van der Waals surface area contributed by atoms with Crippen LogP contribution in [0.5, 0.6) is 11.5 Å². The maximum Gasteiger partial charge on any atom is 0.236 e. The van der Waals surface area contributed by atoms with Crippen LogP contribution in [0.4, 0.5) is 10.3 Å². The second-order valence-electron chi connectivity index (χ2n) is 8.36. The molecule has 2 aliphatic rings. The molecule has 1 aromatic heterocycles. The Kier molecular flexibility index (Phi) is 5.21. The summed E-state index contributed by atoms with van der Waals surface area (Å²) in [5.74, 6) is 0.284. The number of benzene rings is 3.